The summed E-state index contributed by atoms with van der Waals surface area (Å²) in [6.07, 6.45) is 2.11. The molecule has 1 aromatic rings. The molecule has 0 bridgehead atoms. The van der Waals surface area contributed by atoms with Gasteiger partial charge in [0.2, 0.25) is 0 Å². The highest BCUT2D eigenvalue weighted by molar-refractivity contribution is 5.91. The number of aliphatic hydroxyl groups is 1. The number of carbonyl (C=O) groups excluding carboxylic acids is 1. The number of rotatable bonds is 1. The summed E-state index contributed by atoms with van der Waals surface area (Å²) in [5.41, 5.74) is 2.42. The second-order valence-corrected chi connectivity index (χ2v) is 3.77. The molecule has 0 radical (unpaired) electrons. The quantitative estimate of drug-likeness (QED) is 0.713. The zero-order valence-corrected chi connectivity index (χ0v) is 8.69. The van der Waals surface area contributed by atoms with Crippen molar-refractivity contribution in [1.82, 2.24) is 0 Å². The lowest BCUT2D eigenvalue weighted by molar-refractivity contribution is 0.0598. The van der Waals surface area contributed by atoms with Crippen molar-refractivity contribution in [2.45, 2.75) is 25.4 Å². The second kappa shape index (κ2) is 4.03. The number of fused-ring (bicyclic) bond motifs is 1. The average Bonchev–Trinajstić information content (AvgIpc) is 2.28. The first kappa shape index (κ1) is 10.2. The normalized spacial score (nSPS) is 19.5. The number of benzene rings is 1. The Morgan fingerprint density at radius 1 is 1.53 bits per heavy atom. The van der Waals surface area contributed by atoms with Crippen LogP contribution in [0.4, 0.5) is 0 Å². The van der Waals surface area contributed by atoms with Gasteiger partial charge in [-0.05, 0) is 36.5 Å². The maximum atomic E-state index is 11.5. The van der Waals surface area contributed by atoms with E-state index in [4.69, 9.17) is 4.74 Å². The van der Waals surface area contributed by atoms with Gasteiger partial charge in [-0.1, -0.05) is 12.1 Å². The highest BCUT2D eigenvalue weighted by Crippen LogP contribution is 2.31. The fourth-order valence-corrected chi connectivity index (χ4v) is 2.12. The SMILES string of the molecule is COC(=O)c1cccc2c1CCCC2O. The van der Waals surface area contributed by atoms with Crippen LogP contribution in [-0.4, -0.2) is 18.2 Å². The Morgan fingerprint density at radius 2 is 2.33 bits per heavy atom. The molecule has 0 aromatic heterocycles. The lowest BCUT2D eigenvalue weighted by Crippen LogP contribution is -2.14. The molecule has 3 heteroatoms. The predicted molar refractivity (Wildman–Crippen MR) is 55.7 cm³/mol. The first-order chi connectivity index (χ1) is 7.24. The van der Waals surface area contributed by atoms with Crippen molar-refractivity contribution in [3.8, 4) is 0 Å². The average molecular weight is 206 g/mol. The van der Waals surface area contributed by atoms with E-state index in [2.05, 4.69) is 0 Å². The van der Waals surface area contributed by atoms with Crippen LogP contribution >= 0.6 is 0 Å². The van der Waals surface area contributed by atoms with Crippen molar-refractivity contribution >= 4 is 5.97 Å². The first-order valence-electron chi connectivity index (χ1n) is 5.12. The number of esters is 1. The summed E-state index contributed by atoms with van der Waals surface area (Å²) >= 11 is 0. The summed E-state index contributed by atoms with van der Waals surface area (Å²) in [6, 6.07) is 5.42. The molecule has 0 amide bonds. The van der Waals surface area contributed by atoms with E-state index in [9.17, 15) is 9.90 Å². The van der Waals surface area contributed by atoms with E-state index in [1.807, 2.05) is 6.07 Å². The topological polar surface area (TPSA) is 46.5 Å². The molecular weight excluding hydrogens is 192 g/mol. The number of methoxy groups -OCH3 is 1. The minimum atomic E-state index is -0.432. The Bertz CT molecular complexity index is 384. The Kier molecular flexibility index (Phi) is 2.73. The molecule has 2 rings (SSSR count). The fraction of sp³-hybridized carbons (Fsp3) is 0.417. The number of hydrogen-bond acceptors (Lipinski definition) is 3. The van der Waals surface area contributed by atoms with E-state index in [0.717, 1.165) is 30.4 Å². The Balaban J connectivity index is 2.49. The van der Waals surface area contributed by atoms with Gasteiger partial charge < -0.3 is 9.84 Å². The zero-order chi connectivity index (χ0) is 10.8. The van der Waals surface area contributed by atoms with E-state index in [-0.39, 0.29) is 5.97 Å². The van der Waals surface area contributed by atoms with Gasteiger partial charge in [0.1, 0.15) is 0 Å². The number of carbonyl (C=O) groups is 1. The highest BCUT2D eigenvalue weighted by atomic mass is 16.5. The van der Waals surface area contributed by atoms with Gasteiger partial charge in [-0.3, -0.25) is 0 Å². The molecule has 3 nitrogen and oxygen atoms in total. The summed E-state index contributed by atoms with van der Waals surface area (Å²) in [5, 5.41) is 9.79. The van der Waals surface area contributed by atoms with Crippen molar-refractivity contribution in [2.75, 3.05) is 7.11 Å². The van der Waals surface area contributed by atoms with E-state index in [1.54, 1.807) is 12.1 Å². The molecule has 15 heavy (non-hydrogen) atoms. The zero-order valence-electron chi connectivity index (χ0n) is 8.69. The predicted octanol–water partition coefficient (Wildman–Crippen LogP) is 1.84. The van der Waals surface area contributed by atoms with E-state index in [1.165, 1.54) is 7.11 Å². The largest absolute Gasteiger partial charge is 0.465 e. The summed E-state index contributed by atoms with van der Waals surface area (Å²) in [7, 11) is 1.38. The van der Waals surface area contributed by atoms with Crippen LogP contribution in [0.15, 0.2) is 18.2 Å². The lowest BCUT2D eigenvalue weighted by atomic mass is 9.86. The monoisotopic (exact) mass is 206 g/mol. The Labute approximate surface area is 88.7 Å². The van der Waals surface area contributed by atoms with E-state index in [0.29, 0.717) is 5.56 Å². The maximum absolute atomic E-state index is 11.5. The standard InChI is InChI=1S/C12H14O3/c1-15-12(14)10-6-2-5-9-8(10)4-3-7-11(9)13/h2,5-6,11,13H,3-4,7H2,1H3. The third-order valence-corrected chi connectivity index (χ3v) is 2.88. The van der Waals surface area contributed by atoms with Crippen LogP contribution in [0.3, 0.4) is 0 Å². The molecule has 1 unspecified atom stereocenters. The van der Waals surface area contributed by atoms with Crippen LogP contribution in [0.25, 0.3) is 0 Å². The highest BCUT2D eigenvalue weighted by Gasteiger charge is 2.22. The van der Waals surface area contributed by atoms with Gasteiger partial charge in [-0.2, -0.15) is 0 Å². The van der Waals surface area contributed by atoms with Crippen LogP contribution in [0.1, 0.15) is 40.4 Å². The molecule has 1 aromatic carbocycles. The van der Waals surface area contributed by atoms with Crippen molar-refractivity contribution in [2.24, 2.45) is 0 Å². The summed E-state index contributed by atoms with van der Waals surface area (Å²) < 4.78 is 4.72. The van der Waals surface area contributed by atoms with Crippen LogP contribution in [0.2, 0.25) is 0 Å². The van der Waals surface area contributed by atoms with Crippen molar-refractivity contribution < 1.29 is 14.6 Å². The number of ether oxygens (including phenoxy) is 1. The van der Waals surface area contributed by atoms with Crippen molar-refractivity contribution in [3.05, 3.63) is 34.9 Å². The van der Waals surface area contributed by atoms with E-state index < -0.39 is 6.10 Å². The molecule has 0 aliphatic heterocycles. The smallest absolute Gasteiger partial charge is 0.338 e. The van der Waals surface area contributed by atoms with E-state index >= 15 is 0 Å². The molecule has 0 heterocycles. The molecule has 0 saturated heterocycles. The molecule has 0 saturated carbocycles. The summed E-state index contributed by atoms with van der Waals surface area (Å²) in [5.74, 6) is -0.319. The van der Waals surface area contributed by atoms with Gasteiger partial charge in [-0.25, -0.2) is 4.79 Å². The fourth-order valence-electron chi connectivity index (χ4n) is 2.12. The minimum absolute atomic E-state index is 0.319. The van der Waals surface area contributed by atoms with Crippen molar-refractivity contribution in [1.29, 1.82) is 0 Å². The van der Waals surface area contributed by atoms with Gasteiger partial charge in [0, 0.05) is 0 Å². The van der Waals surface area contributed by atoms with Gasteiger partial charge >= 0.3 is 5.97 Å². The lowest BCUT2D eigenvalue weighted by Gasteiger charge is -2.22. The summed E-state index contributed by atoms with van der Waals surface area (Å²) in [4.78, 5) is 11.5. The molecule has 1 aliphatic rings. The molecule has 1 atom stereocenters. The Hall–Kier alpha value is -1.35. The Morgan fingerprint density at radius 3 is 3.07 bits per heavy atom. The number of aliphatic hydroxyl groups excluding tert-OH is 1. The van der Waals surface area contributed by atoms with Gasteiger partial charge in [0.05, 0.1) is 18.8 Å². The summed E-state index contributed by atoms with van der Waals surface area (Å²) in [6.45, 7) is 0. The molecule has 1 N–H and O–H groups in total. The first-order valence-corrected chi connectivity index (χ1v) is 5.12. The van der Waals surface area contributed by atoms with Crippen LogP contribution in [0, 0.1) is 0 Å². The van der Waals surface area contributed by atoms with Crippen LogP contribution in [-0.2, 0) is 11.2 Å². The molecular formula is C12H14O3. The van der Waals surface area contributed by atoms with Crippen LogP contribution < -0.4 is 0 Å². The molecule has 1 aliphatic carbocycles. The van der Waals surface area contributed by atoms with Gasteiger partial charge in [-0.15, -0.1) is 0 Å². The maximum Gasteiger partial charge on any atom is 0.338 e. The molecule has 0 spiro atoms. The van der Waals surface area contributed by atoms with Gasteiger partial charge in [0.15, 0.2) is 0 Å². The van der Waals surface area contributed by atoms with Gasteiger partial charge in [0.25, 0.3) is 0 Å². The third-order valence-electron chi connectivity index (χ3n) is 2.88. The second-order valence-electron chi connectivity index (χ2n) is 3.77. The molecule has 80 valence electrons. The third kappa shape index (κ3) is 1.75. The van der Waals surface area contributed by atoms with Crippen LogP contribution in [0.5, 0.6) is 0 Å². The molecule has 0 fully saturated rings. The van der Waals surface area contributed by atoms with Crippen molar-refractivity contribution in [3.63, 3.8) is 0 Å². The number of hydrogen-bond donors (Lipinski definition) is 1. The minimum Gasteiger partial charge on any atom is -0.465 e.